The topological polar surface area (TPSA) is 75.4 Å². The van der Waals surface area contributed by atoms with Crippen LogP contribution < -0.4 is 11.1 Å². The van der Waals surface area contributed by atoms with E-state index < -0.39 is 5.91 Å². The van der Waals surface area contributed by atoms with Crippen LogP contribution in [0.15, 0.2) is 40.9 Å². The number of amides is 1. The highest BCUT2D eigenvalue weighted by molar-refractivity contribution is 9.10. The Morgan fingerprint density at radius 2 is 2.05 bits per heavy atom. The quantitative estimate of drug-likeness (QED) is 0.587. The smallest absolute Gasteiger partial charge is 0.259 e. The number of nitrogens with one attached hydrogen (secondary N) is 1. The van der Waals surface area contributed by atoms with Gasteiger partial charge in [0.25, 0.3) is 5.91 Å². The Morgan fingerprint density at radius 1 is 1.32 bits per heavy atom. The van der Waals surface area contributed by atoms with E-state index in [4.69, 9.17) is 5.73 Å². The van der Waals surface area contributed by atoms with Crippen molar-refractivity contribution in [3.05, 3.63) is 52.0 Å². The maximum absolute atomic E-state index is 12.1. The third-order valence-electron chi connectivity index (χ3n) is 2.68. The molecule has 0 saturated heterocycles. The van der Waals surface area contributed by atoms with Crippen LogP contribution in [0.5, 0.6) is 5.75 Å². The fourth-order valence-corrected chi connectivity index (χ4v) is 2.01. The van der Waals surface area contributed by atoms with E-state index in [0.29, 0.717) is 5.69 Å². The third kappa shape index (κ3) is 2.88. The highest BCUT2D eigenvalue weighted by atomic mass is 79.9. The van der Waals surface area contributed by atoms with Gasteiger partial charge >= 0.3 is 0 Å². The van der Waals surface area contributed by atoms with E-state index in [9.17, 15) is 9.90 Å². The van der Waals surface area contributed by atoms with Gasteiger partial charge in [0.05, 0.1) is 16.9 Å². The van der Waals surface area contributed by atoms with Crippen LogP contribution in [0, 0.1) is 6.92 Å². The van der Waals surface area contributed by atoms with Crippen LogP contribution in [-0.2, 0) is 0 Å². The number of hydrogen-bond acceptors (Lipinski definition) is 3. The number of aryl methyl sites for hydroxylation is 1. The predicted octanol–water partition coefficient (Wildman–Crippen LogP) is 3.30. The molecule has 98 valence electrons. The maximum Gasteiger partial charge on any atom is 0.259 e. The van der Waals surface area contributed by atoms with Gasteiger partial charge in [0.15, 0.2) is 5.75 Å². The van der Waals surface area contributed by atoms with Crippen LogP contribution in [0.3, 0.4) is 0 Å². The normalized spacial score (nSPS) is 10.2. The average molecular weight is 321 g/mol. The van der Waals surface area contributed by atoms with Gasteiger partial charge in [0.2, 0.25) is 0 Å². The van der Waals surface area contributed by atoms with Gasteiger partial charge in [-0.3, -0.25) is 4.79 Å². The minimum Gasteiger partial charge on any atom is -0.505 e. The van der Waals surface area contributed by atoms with Gasteiger partial charge in [-0.1, -0.05) is 12.1 Å². The summed E-state index contributed by atoms with van der Waals surface area (Å²) in [4.78, 5) is 12.1. The monoisotopic (exact) mass is 320 g/mol. The molecule has 0 aliphatic rings. The Morgan fingerprint density at radius 3 is 2.79 bits per heavy atom. The van der Waals surface area contributed by atoms with Crippen LogP contribution in [0.25, 0.3) is 0 Å². The zero-order valence-corrected chi connectivity index (χ0v) is 11.9. The molecule has 0 heterocycles. The Labute approximate surface area is 119 Å². The molecule has 2 aromatic carbocycles. The van der Waals surface area contributed by atoms with Crippen LogP contribution in [0.2, 0.25) is 0 Å². The lowest BCUT2D eigenvalue weighted by atomic mass is 10.1. The summed E-state index contributed by atoms with van der Waals surface area (Å²) in [5, 5.41) is 12.5. The zero-order chi connectivity index (χ0) is 14.0. The van der Waals surface area contributed by atoms with E-state index in [-0.39, 0.29) is 17.0 Å². The van der Waals surface area contributed by atoms with Crippen molar-refractivity contribution in [2.75, 3.05) is 11.1 Å². The van der Waals surface area contributed by atoms with E-state index in [2.05, 4.69) is 21.2 Å². The summed E-state index contributed by atoms with van der Waals surface area (Å²) in [6.45, 7) is 1.93. The van der Waals surface area contributed by atoms with Crippen molar-refractivity contribution >= 4 is 33.2 Å². The number of rotatable bonds is 2. The lowest BCUT2D eigenvalue weighted by Gasteiger charge is -2.10. The number of hydrogen-bond donors (Lipinski definition) is 3. The standard InChI is InChI=1S/C14H13BrN2O2/c1-8-5-6-10(15)12(7-8)17-14(19)9-3-2-4-11(16)13(9)18/h2-7,18H,16H2,1H3,(H,17,19). The van der Waals surface area contributed by atoms with E-state index >= 15 is 0 Å². The second kappa shape index (κ2) is 5.32. The zero-order valence-electron chi connectivity index (χ0n) is 10.3. The van der Waals surface area contributed by atoms with Crippen molar-refractivity contribution in [2.24, 2.45) is 0 Å². The lowest BCUT2D eigenvalue weighted by Crippen LogP contribution is -2.13. The highest BCUT2D eigenvalue weighted by Crippen LogP contribution is 2.27. The van der Waals surface area contributed by atoms with Gasteiger partial charge in [0, 0.05) is 4.47 Å². The van der Waals surface area contributed by atoms with Gasteiger partial charge in [0.1, 0.15) is 0 Å². The summed E-state index contributed by atoms with van der Waals surface area (Å²) in [6, 6.07) is 10.3. The maximum atomic E-state index is 12.1. The lowest BCUT2D eigenvalue weighted by molar-refractivity contribution is 0.102. The predicted molar refractivity (Wildman–Crippen MR) is 79.4 cm³/mol. The first kappa shape index (κ1) is 13.4. The molecule has 0 spiro atoms. The van der Waals surface area contributed by atoms with Gasteiger partial charge in [-0.2, -0.15) is 0 Å². The molecule has 4 N–H and O–H groups in total. The molecule has 2 aromatic rings. The number of phenols is 1. The number of para-hydroxylation sites is 1. The van der Waals surface area contributed by atoms with Crippen molar-refractivity contribution in [3.63, 3.8) is 0 Å². The molecular formula is C14H13BrN2O2. The Kier molecular flexibility index (Phi) is 3.76. The molecule has 0 aromatic heterocycles. The van der Waals surface area contributed by atoms with Crippen molar-refractivity contribution < 1.29 is 9.90 Å². The minimum atomic E-state index is -0.406. The molecule has 4 nitrogen and oxygen atoms in total. The summed E-state index contributed by atoms with van der Waals surface area (Å²) in [5.74, 6) is -0.611. The first-order valence-electron chi connectivity index (χ1n) is 5.64. The SMILES string of the molecule is Cc1ccc(Br)c(NC(=O)c2cccc(N)c2O)c1. The molecule has 0 fully saturated rings. The number of benzene rings is 2. The number of aromatic hydroxyl groups is 1. The number of halogens is 1. The second-order valence-corrected chi connectivity index (χ2v) is 5.04. The molecule has 0 atom stereocenters. The number of carbonyl (C=O) groups is 1. The fraction of sp³-hybridized carbons (Fsp3) is 0.0714. The number of nitrogen functional groups attached to an aromatic ring is 1. The summed E-state index contributed by atoms with van der Waals surface area (Å²) >= 11 is 3.36. The molecular weight excluding hydrogens is 308 g/mol. The van der Waals surface area contributed by atoms with Crippen LogP contribution in [-0.4, -0.2) is 11.0 Å². The molecule has 2 rings (SSSR count). The second-order valence-electron chi connectivity index (χ2n) is 4.18. The molecule has 0 unspecified atom stereocenters. The number of nitrogens with two attached hydrogens (primary N) is 1. The van der Waals surface area contributed by atoms with E-state index in [1.807, 2.05) is 25.1 Å². The summed E-state index contributed by atoms with van der Waals surface area (Å²) < 4.78 is 0.773. The van der Waals surface area contributed by atoms with E-state index in [1.54, 1.807) is 6.07 Å². The van der Waals surface area contributed by atoms with Crippen molar-refractivity contribution in [1.29, 1.82) is 0 Å². The molecule has 0 saturated carbocycles. The van der Waals surface area contributed by atoms with Gasteiger partial charge in [-0.25, -0.2) is 0 Å². The van der Waals surface area contributed by atoms with Gasteiger partial charge in [-0.15, -0.1) is 0 Å². The number of carbonyl (C=O) groups excluding carboxylic acids is 1. The van der Waals surface area contributed by atoms with Crippen molar-refractivity contribution in [1.82, 2.24) is 0 Å². The molecule has 0 aliphatic carbocycles. The number of anilines is 2. The Hall–Kier alpha value is -2.01. The fourth-order valence-electron chi connectivity index (χ4n) is 1.67. The Bertz CT molecular complexity index is 641. The molecule has 0 aliphatic heterocycles. The molecule has 1 amide bonds. The largest absolute Gasteiger partial charge is 0.505 e. The highest BCUT2D eigenvalue weighted by Gasteiger charge is 2.14. The molecule has 5 heteroatoms. The van der Waals surface area contributed by atoms with E-state index in [1.165, 1.54) is 12.1 Å². The van der Waals surface area contributed by atoms with Crippen molar-refractivity contribution in [3.8, 4) is 5.75 Å². The van der Waals surface area contributed by atoms with Crippen LogP contribution in [0.1, 0.15) is 15.9 Å². The van der Waals surface area contributed by atoms with E-state index in [0.717, 1.165) is 10.0 Å². The first-order valence-corrected chi connectivity index (χ1v) is 6.43. The van der Waals surface area contributed by atoms with Crippen LogP contribution in [0.4, 0.5) is 11.4 Å². The molecule has 19 heavy (non-hydrogen) atoms. The van der Waals surface area contributed by atoms with Crippen molar-refractivity contribution in [2.45, 2.75) is 6.92 Å². The minimum absolute atomic E-state index is 0.147. The van der Waals surface area contributed by atoms with Gasteiger partial charge in [-0.05, 0) is 52.7 Å². The Balaban J connectivity index is 2.31. The average Bonchev–Trinajstić information content (AvgIpc) is 2.37. The summed E-state index contributed by atoms with van der Waals surface area (Å²) in [5.41, 5.74) is 7.56. The number of phenolic OH excluding ortho intramolecular Hbond substituents is 1. The third-order valence-corrected chi connectivity index (χ3v) is 3.37. The summed E-state index contributed by atoms with van der Waals surface area (Å²) in [6.07, 6.45) is 0. The summed E-state index contributed by atoms with van der Waals surface area (Å²) in [7, 11) is 0. The molecule has 0 radical (unpaired) electrons. The molecule has 0 bridgehead atoms. The first-order chi connectivity index (χ1) is 8.99. The van der Waals surface area contributed by atoms with Crippen LogP contribution >= 0.6 is 15.9 Å². The van der Waals surface area contributed by atoms with Gasteiger partial charge < -0.3 is 16.2 Å².